The van der Waals surface area contributed by atoms with E-state index in [-0.39, 0.29) is 0 Å². The number of hydrogen-bond acceptors (Lipinski definition) is 0. The topological polar surface area (TPSA) is 0 Å². The van der Waals surface area contributed by atoms with Gasteiger partial charge in [-0.25, -0.2) is 0 Å². The zero-order valence-corrected chi connectivity index (χ0v) is 12.7. The van der Waals surface area contributed by atoms with Gasteiger partial charge < -0.3 is 0 Å². The van der Waals surface area contributed by atoms with Gasteiger partial charge in [0.05, 0.1) is 0 Å². The van der Waals surface area contributed by atoms with Gasteiger partial charge in [0.25, 0.3) is 0 Å². The van der Waals surface area contributed by atoms with Crippen LogP contribution in [0.15, 0.2) is 65.1 Å². The summed E-state index contributed by atoms with van der Waals surface area (Å²) in [5.41, 5.74) is 1.30. The molecule has 0 aromatic heterocycles. The van der Waals surface area contributed by atoms with Crippen molar-refractivity contribution in [2.75, 3.05) is 0 Å². The molecule has 0 bridgehead atoms. The molecule has 94 valence electrons. The number of hydrogen-bond donors (Lipinski definition) is 0. The Morgan fingerprint density at radius 2 is 1.15 bits per heavy atom. The van der Waals surface area contributed by atoms with Crippen LogP contribution in [0.4, 0.5) is 0 Å². The second kappa shape index (κ2) is 4.36. The van der Waals surface area contributed by atoms with Gasteiger partial charge in [-0.2, -0.15) is 0 Å². The van der Waals surface area contributed by atoms with Crippen LogP contribution in [0, 0.1) is 0 Å². The molecule has 0 radical (unpaired) electrons. The lowest BCUT2D eigenvalue weighted by atomic mass is 9.89. The van der Waals surface area contributed by atoms with Crippen molar-refractivity contribution >= 4 is 61.6 Å². The van der Waals surface area contributed by atoms with Gasteiger partial charge in [-0.05, 0) is 44.5 Å². The smallest absolute Gasteiger partial charge is 0.0883 e. The van der Waals surface area contributed by atoms with Crippen LogP contribution in [0.1, 0.15) is 0 Å². The molecule has 0 spiro atoms. The molecule has 0 amide bonds. The molecule has 4 aromatic carbocycles. The predicted molar refractivity (Wildman–Crippen MR) is 94.8 cm³/mol. The molecule has 4 aromatic rings. The van der Waals surface area contributed by atoms with Crippen LogP contribution >= 0.6 is 15.9 Å². The molecule has 0 saturated carbocycles. The van der Waals surface area contributed by atoms with Gasteiger partial charge in [-0.15, -0.1) is 0 Å². The monoisotopic (exact) mass is 318 g/mol. The van der Waals surface area contributed by atoms with Gasteiger partial charge in [0.1, 0.15) is 7.85 Å². The summed E-state index contributed by atoms with van der Waals surface area (Å²) >= 11 is 3.59. The minimum absolute atomic E-state index is 1.13. The van der Waals surface area contributed by atoms with Crippen molar-refractivity contribution in [3.63, 3.8) is 0 Å². The third-order valence-corrected chi connectivity index (χ3v) is 4.45. The lowest BCUT2D eigenvalue weighted by Crippen LogP contribution is -2.00. The SMILES string of the molecule is Bc1ccc2c3ccc(Br)cc3c3ccccc3c2c1. The molecule has 0 aliphatic rings. The van der Waals surface area contributed by atoms with Crippen molar-refractivity contribution in [1.82, 2.24) is 0 Å². The summed E-state index contributed by atoms with van der Waals surface area (Å²) in [6.07, 6.45) is 0. The average molecular weight is 319 g/mol. The third-order valence-electron chi connectivity index (χ3n) is 3.95. The summed E-state index contributed by atoms with van der Waals surface area (Å²) in [6.45, 7) is 0. The van der Waals surface area contributed by atoms with Crippen molar-refractivity contribution < 1.29 is 0 Å². The van der Waals surface area contributed by atoms with E-state index in [9.17, 15) is 0 Å². The molecule has 0 heterocycles. The highest BCUT2D eigenvalue weighted by molar-refractivity contribution is 9.10. The summed E-state index contributed by atoms with van der Waals surface area (Å²) in [4.78, 5) is 0. The van der Waals surface area contributed by atoms with Gasteiger partial charge >= 0.3 is 0 Å². The Kier molecular flexibility index (Phi) is 2.61. The summed E-state index contributed by atoms with van der Waals surface area (Å²) < 4.78 is 1.13. The van der Waals surface area contributed by atoms with E-state index in [0.29, 0.717) is 0 Å². The maximum absolute atomic E-state index is 3.59. The van der Waals surface area contributed by atoms with E-state index in [1.54, 1.807) is 0 Å². The molecule has 0 aliphatic carbocycles. The predicted octanol–water partition coefficient (Wildman–Crippen LogP) is 4.17. The van der Waals surface area contributed by atoms with Gasteiger partial charge in [-0.1, -0.05) is 69.9 Å². The molecule has 0 nitrogen and oxygen atoms in total. The summed E-state index contributed by atoms with van der Waals surface area (Å²) in [7, 11) is 2.15. The van der Waals surface area contributed by atoms with Crippen LogP contribution in [0.3, 0.4) is 0 Å². The van der Waals surface area contributed by atoms with Crippen molar-refractivity contribution in [2.45, 2.75) is 0 Å². The van der Waals surface area contributed by atoms with Crippen molar-refractivity contribution in [3.05, 3.63) is 65.1 Å². The van der Waals surface area contributed by atoms with Crippen molar-refractivity contribution in [3.8, 4) is 0 Å². The fourth-order valence-corrected chi connectivity index (χ4v) is 3.40. The van der Waals surface area contributed by atoms with E-state index in [4.69, 9.17) is 0 Å². The first-order valence-electron chi connectivity index (χ1n) is 6.74. The maximum Gasteiger partial charge on any atom is 0.139 e. The van der Waals surface area contributed by atoms with Crippen LogP contribution in [0.2, 0.25) is 0 Å². The summed E-state index contributed by atoms with van der Waals surface area (Å²) in [5, 5.41) is 7.96. The molecule has 4 rings (SSSR count). The van der Waals surface area contributed by atoms with E-state index in [1.807, 2.05) is 0 Å². The minimum atomic E-state index is 1.13. The Morgan fingerprint density at radius 1 is 0.600 bits per heavy atom. The highest BCUT2D eigenvalue weighted by Gasteiger charge is 2.08. The molecule has 2 heteroatoms. The van der Waals surface area contributed by atoms with Gasteiger partial charge in [-0.3, -0.25) is 0 Å². The molecule has 0 saturated heterocycles. The first-order chi connectivity index (χ1) is 9.74. The van der Waals surface area contributed by atoms with Crippen LogP contribution in [-0.4, -0.2) is 7.85 Å². The standard InChI is InChI=1S/C18H12BBr/c19-11-5-7-15-16-8-6-12(20)10-18(16)14-4-2-1-3-13(14)17(15)9-11/h1-10H,19H2. The zero-order chi connectivity index (χ0) is 13.7. The zero-order valence-electron chi connectivity index (χ0n) is 11.2. The highest BCUT2D eigenvalue weighted by atomic mass is 79.9. The normalized spacial score (nSPS) is 11.4. The number of benzene rings is 4. The Labute approximate surface area is 126 Å². The molecular weight excluding hydrogens is 307 g/mol. The Balaban J connectivity index is 2.40. The quantitative estimate of drug-likeness (QED) is 0.337. The second-order valence-corrected chi connectivity index (χ2v) is 6.20. The molecule has 0 aliphatic heterocycles. The lowest BCUT2D eigenvalue weighted by Gasteiger charge is -2.11. The molecule has 0 fully saturated rings. The Hall–Kier alpha value is -1.80. The Bertz CT molecular complexity index is 872. The van der Waals surface area contributed by atoms with Crippen LogP contribution in [-0.2, 0) is 0 Å². The molecule has 0 unspecified atom stereocenters. The second-order valence-electron chi connectivity index (χ2n) is 5.28. The van der Waals surface area contributed by atoms with E-state index in [2.05, 4.69) is 84.4 Å². The van der Waals surface area contributed by atoms with Crippen LogP contribution < -0.4 is 5.46 Å². The number of fused-ring (bicyclic) bond motifs is 6. The van der Waals surface area contributed by atoms with Crippen LogP contribution in [0.25, 0.3) is 32.3 Å². The first kappa shape index (κ1) is 12.0. The molecule has 20 heavy (non-hydrogen) atoms. The number of rotatable bonds is 0. The largest absolute Gasteiger partial charge is 0.139 e. The fourth-order valence-electron chi connectivity index (χ4n) is 3.04. The highest BCUT2D eigenvalue weighted by Crippen LogP contribution is 2.35. The van der Waals surface area contributed by atoms with Gasteiger partial charge in [0.15, 0.2) is 0 Å². The maximum atomic E-state index is 3.59. The average Bonchev–Trinajstić information content (AvgIpc) is 2.47. The lowest BCUT2D eigenvalue weighted by molar-refractivity contribution is 1.74. The van der Waals surface area contributed by atoms with Crippen LogP contribution in [0.5, 0.6) is 0 Å². The summed E-state index contributed by atoms with van der Waals surface area (Å²) in [5.74, 6) is 0. The first-order valence-corrected chi connectivity index (χ1v) is 7.54. The van der Waals surface area contributed by atoms with Crippen molar-refractivity contribution in [2.24, 2.45) is 0 Å². The molecular formula is C18H12BBr. The van der Waals surface area contributed by atoms with E-state index in [0.717, 1.165) is 4.47 Å². The fraction of sp³-hybridized carbons (Fsp3) is 0. The van der Waals surface area contributed by atoms with E-state index >= 15 is 0 Å². The molecule has 0 atom stereocenters. The van der Waals surface area contributed by atoms with Gasteiger partial charge in [0.2, 0.25) is 0 Å². The number of halogens is 1. The van der Waals surface area contributed by atoms with E-state index < -0.39 is 0 Å². The van der Waals surface area contributed by atoms with E-state index in [1.165, 1.54) is 37.8 Å². The van der Waals surface area contributed by atoms with Gasteiger partial charge in [0, 0.05) is 4.47 Å². The Morgan fingerprint density at radius 3 is 1.85 bits per heavy atom. The van der Waals surface area contributed by atoms with Crippen molar-refractivity contribution in [1.29, 1.82) is 0 Å². The molecule has 0 N–H and O–H groups in total. The third kappa shape index (κ3) is 1.68. The summed E-state index contributed by atoms with van der Waals surface area (Å²) in [6, 6.07) is 21.9. The minimum Gasteiger partial charge on any atom is -0.0883 e.